The Morgan fingerprint density at radius 3 is 2.43 bits per heavy atom. The summed E-state index contributed by atoms with van der Waals surface area (Å²) in [6, 6.07) is 9.26. The molecule has 0 radical (unpaired) electrons. The van der Waals surface area contributed by atoms with Crippen LogP contribution in [0.1, 0.15) is 10.4 Å². The fraction of sp³-hybridized carbons (Fsp3) is 0.0714. The summed E-state index contributed by atoms with van der Waals surface area (Å²) in [4.78, 5) is 34.3. The number of carbonyl (C=O) groups excluding carboxylic acids is 1. The molecule has 0 saturated heterocycles. The van der Waals surface area contributed by atoms with Crippen molar-refractivity contribution in [2.45, 2.75) is 6.54 Å². The van der Waals surface area contributed by atoms with Crippen LogP contribution in [0.25, 0.3) is 0 Å². The lowest BCUT2D eigenvalue weighted by molar-refractivity contribution is -0.116. The zero-order valence-corrected chi connectivity index (χ0v) is 12.3. The summed E-state index contributed by atoms with van der Waals surface area (Å²) in [6.07, 6.45) is 1.28. The number of carboxylic acid groups (broad SMARTS) is 1. The molecule has 1 amide bonds. The number of rotatable bonds is 4. The van der Waals surface area contributed by atoms with E-state index in [1.165, 1.54) is 12.3 Å². The molecule has 0 aliphatic carbocycles. The van der Waals surface area contributed by atoms with E-state index in [2.05, 4.69) is 21.2 Å². The quantitative estimate of drug-likeness (QED) is 0.881. The summed E-state index contributed by atoms with van der Waals surface area (Å²) in [7, 11) is 0. The van der Waals surface area contributed by atoms with Crippen molar-refractivity contribution in [3.05, 3.63) is 63.0 Å². The molecule has 0 spiro atoms. The number of benzene rings is 1. The van der Waals surface area contributed by atoms with Gasteiger partial charge in [0, 0.05) is 22.4 Å². The molecule has 21 heavy (non-hydrogen) atoms. The van der Waals surface area contributed by atoms with E-state index in [0.29, 0.717) is 5.69 Å². The summed E-state index contributed by atoms with van der Waals surface area (Å²) in [5.74, 6) is -1.55. The second kappa shape index (κ2) is 6.36. The topological polar surface area (TPSA) is 88.4 Å². The number of hydrogen-bond acceptors (Lipinski definition) is 3. The third-order valence-corrected chi connectivity index (χ3v) is 3.21. The Morgan fingerprint density at radius 2 is 1.86 bits per heavy atom. The van der Waals surface area contributed by atoms with Gasteiger partial charge in [-0.2, -0.15) is 0 Å². The maximum Gasteiger partial charge on any atom is 0.335 e. The molecule has 0 unspecified atom stereocenters. The molecule has 0 bridgehead atoms. The largest absolute Gasteiger partial charge is 0.478 e. The van der Waals surface area contributed by atoms with Crippen molar-refractivity contribution in [3.8, 4) is 0 Å². The zero-order chi connectivity index (χ0) is 15.4. The van der Waals surface area contributed by atoms with E-state index >= 15 is 0 Å². The van der Waals surface area contributed by atoms with E-state index < -0.39 is 11.5 Å². The number of pyridine rings is 1. The Morgan fingerprint density at radius 1 is 1.19 bits per heavy atom. The van der Waals surface area contributed by atoms with Crippen LogP contribution in [0.2, 0.25) is 0 Å². The first-order chi connectivity index (χ1) is 9.95. The number of aromatic carboxylic acids is 1. The second-order valence-electron chi connectivity index (χ2n) is 4.24. The average molecular weight is 351 g/mol. The van der Waals surface area contributed by atoms with E-state index in [1.54, 1.807) is 24.3 Å². The van der Waals surface area contributed by atoms with Gasteiger partial charge in [-0.3, -0.25) is 9.59 Å². The standard InChI is InChI=1S/C14H11BrN2O4/c15-10-1-3-11(4-2-10)16-12(18)8-17-6-5-9(14(20)21)7-13(17)19/h1-7H,8H2,(H,16,18)(H,20,21). The Kier molecular flexibility index (Phi) is 4.54. The summed E-state index contributed by atoms with van der Waals surface area (Å²) in [5, 5.41) is 11.4. The molecular formula is C14H11BrN2O4. The maximum atomic E-state index is 11.8. The van der Waals surface area contributed by atoms with E-state index in [9.17, 15) is 14.4 Å². The van der Waals surface area contributed by atoms with Gasteiger partial charge < -0.3 is 15.0 Å². The van der Waals surface area contributed by atoms with Crippen molar-refractivity contribution in [1.82, 2.24) is 4.57 Å². The first-order valence-corrected chi connectivity index (χ1v) is 6.74. The lowest BCUT2D eigenvalue weighted by Gasteiger charge is -2.07. The Balaban J connectivity index is 2.07. The van der Waals surface area contributed by atoms with Crippen molar-refractivity contribution in [2.75, 3.05) is 5.32 Å². The van der Waals surface area contributed by atoms with Gasteiger partial charge in [0.05, 0.1) is 5.56 Å². The fourth-order valence-corrected chi connectivity index (χ4v) is 1.92. The molecule has 2 aromatic rings. The molecule has 6 nitrogen and oxygen atoms in total. The van der Waals surface area contributed by atoms with Gasteiger partial charge in [0.1, 0.15) is 6.54 Å². The summed E-state index contributed by atoms with van der Waals surface area (Å²) in [5.41, 5.74) is -0.0381. The molecule has 2 rings (SSSR count). The van der Waals surface area contributed by atoms with Crippen molar-refractivity contribution >= 4 is 33.5 Å². The van der Waals surface area contributed by atoms with Gasteiger partial charge in [0.25, 0.3) is 5.56 Å². The van der Waals surface area contributed by atoms with Crippen molar-refractivity contribution < 1.29 is 14.7 Å². The van der Waals surface area contributed by atoms with Gasteiger partial charge in [0.2, 0.25) is 5.91 Å². The highest BCUT2D eigenvalue weighted by Gasteiger charge is 2.08. The highest BCUT2D eigenvalue weighted by atomic mass is 79.9. The molecule has 7 heteroatoms. The Hall–Kier alpha value is -2.41. The summed E-state index contributed by atoms with van der Waals surface area (Å²) in [6.45, 7) is -0.186. The van der Waals surface area contributed by atoms with Gasteiger partial charge in [-0.25, -0.2) is 4.79 Å². The van der Waals surface area contributed by atoms with Crippen LogP contribution in [0, 0.1) is 0 Å². The number of anilines is 1. The zero-order valence-electron chi connectivity index (χ0n) is 10.7. The molecule has 0 aliphatic heterocycles. The average Bonchev–Trinajstić information content (AvgIpc) is 2.43. The first kappa shape index (κ1) is 15.0. The molecule has 108 valence electrons. The first-order valence-electron chi connectivity index (χ1n) is 5.95. The minimum absolute atomic E-state index is 0.107. The molecule has 1 heterocycles. The van der Waals surface area contributed by atoms with Gasteiger partial charge in [-0.05, 0) is 30.3 Å². The number of halogens is 1. The Bertz CT molecular complexity index is 737. The third-order valence-electron chi connectivity index (χ3n) is 2.68. The lowest BCUT2D eigenvalue weighted by Crippen LogP contribution is -2.27. The van der Waals surface area contributed by atoms with Gasteiger partial charge in [-0.1, -0.05) is 15.9 Å². The predicted molar refractivity (Wildman–Crippen MR) is 80.4 cm³/mol. The summed E-state index contributed by atoms with van der Waals surface area (Å²) < 4.78 is 2.03. The number of hydrogen-bond donors (Lipinski definition) is 2. The predicted octanol–water partition coefficient (Wildman–Crippen LogP) is 1.95. The van der Waals surface area contributed by atoms with Crippen LogP contribution in [0.15, 0.2) is 51.9 Å². The normalized spacial score (nSPS) is 10.1. The number of nitrogens with zero attached hydrogens (tertiary/aromatic N) is 1. The Labute approximate surface area is 128 Å². The number of nitrogens with one attached hydrogen (secondary N) is 1. The number of aromatic nitrogens is 1. The van der Waals surface area contributed by atoms with E-state index in [-0.39, 0.29) is 18.0 Å². The number of amides is 1. The second-order valence-corrected chi connectivity index (χ2v) is 5.16. The SMILES string of the molecule is O=C(Cn1ccc(C(=O)O)cc1=O)Nc1ccc(Br)cc1. The van der Waals surface area contributed by atoms with Gasteiger partial charge in [-0.15, -0.1) is 0 Å². The van der Waals surface area contributed by atoms with Crippen LogP contribution in [-0.4, -0.2) is 21.6 Å². The van der Waals surface area contributed by atoms with Crippen LogP contribution in [-0.2, 0) is 11.3 Å². The maximum absolute atomic E-state index is 11.8. The van der Waals surface area contributed by atoms with Crippen LogP contribution in [0.4, 0.5) is 5.69 Å². The van der Waals surface area contributed by atoms with Crippen molar-refractivity contribution in [3.63, 3.8) is 0 Å². The highest BCUT2D eigenvalue weighted by molar-refractivity contribution is 9.10. The van der Waals surface area contributed by atoms with E-state index in [0.717, 1.165) is 15.1 Å². The smallest absolute Gasteiger partial charge is 0.335 e. The van der Waals surface area contributed by atoms with E-state index in [4.69, 9.17) is 5.11 Å². The highest BCUT2D eigenvalue weighted by Crippen LogP contribution is 2.13. The third kappa shape index (κ3) is 4.03. The molecule has 1 aromatic carbocycles. The number of carboxylic acids is 1. The van der Waals surface area contributed by atoms with Crippen LogP contribution in [0.3, 0.4) is 0 Å². The monoisotopic (exact) mass is 350 g/mol. The van der Waals surface area contributed by atoms with Crippen LogP contribution < -0.4 is 10.9 Å². The minimum Gasteiger partial charge on any atom is -0.478 e. The molecular weight excluding hydrogens is 340 g/mol. The molecule has 0 atom stereocenters. The van der Waals surface area contributed by atoms with E-state index in [1.807, 2.05) is 0 Å². The van der Waals surface area contributed by atoms with Crippen molar-refractivity contribution in [1.29, 1.82) is 0 Å². The molecule has 2 N–H and O–H groups in total. The van der Waals surface area contributed by atoms with Gasteiger partial charge in [0.15, 0.2) is 0 Å². The number of carbonyl (C=O) groups is 2. The fourth-order valence-electron chi connectivity index (χ4n) is 1.66. The van der Waals surface area contributed by atoms with Crippen LogP contribution >= 0.6 is 15.9 Å². The molecule has 0 aliphatic rings. The molecule has 0 saturated carbocycles. The van der Waals surface area contributed by atoms with Gasteiger partial charge >= 0.3 is 5.97 Å². The molecule has 1 aromatic heterocycles. The molecule has 0 fully saturated rings. The lowest BCUT2D eigenvalue weighted by atomic mass is 10.2. The summed E-state index contributed by atoms with van der Waals surface area (Å²) >= 11 is 3.29. The van der Waals surface area contributed by atoms with Crippen molar-refractivity contribution in [2.24, 2.45) is 0 Å². The van der Waals surface area contributed by atoms with Crippen LogP contribution in [0.5, 0.6) is 0 Å². The minimum atomic E-state index is -1.18.